The fourth-order valence-corrected chi connectivity index (χ4v) is 5.43. The van der Waals surface area contributed by atoms with Gasteiger partial charge in [0, 0.05) is 43.4 Å². The van der Waals surface area contributed by atoms with Gasteiger partial charge in [-0.25, -0.2) is 0 Å². The van der Waals surface area contributed by atoms with Gasteiger partial charge in [-0.2, -0.15) is 0 Å². The minimum Gasteiger partial charge on any atom is -0.502 e. The molecule has 2 bridgehead atoms. The number of rotatable bonds is 6. The number of piperidine rings is 1. The minimum absolute atomic E-state index is 0.0126. The van der Waals surface area contributed by atoms with Gasteiger partial charge in [0.15, 0.2) is 5.76 Å². The molecule has 1 saturated heterocycles. The number of hydrogen-bond donors (Lipinski definition) is 1. The van der Waals surface area contributed by atoms with E-state index >= 15 is 0 Å². The number of ether oxygens (including phenoxy) is 1. The summed E-state index contributed by atoms with van der Waals surface area (Å²) in [7, 11) is 1.28. The van der Waals surface area contributed by atoms with Gasteiger partial charge in [0.1, 0.15) is 17.3 Å². The molecule has 0 amide bonds. The van der Waals surface area contributed by atoms with Crippen LogP contribution in [0.25, 0.3) is 0 Å². The average Bonchev–Trinajstić information content (AvgIpc) is 3.26. The lowest BCUT2D eigenvalue weighted by Gasteiger charge is -2.42. The topological polar surface area (TPSA) is 115 Å². The third kappa shape index (κ3) is 4.55. The van der Waals surface area contributed by atoms with Crippen molar-refractivity contribution in [1.82, 2.24) is 9.47 Å². The number of methoxy groups -OCH3 is 1. The van der Waals surface area contributed by atoms with E-state index in [2.05, 4.69) is 4.90 Å². The Balaban J connectivity index is 1.44. The van der Waals surface area contributed by atoms with Gasteiger partial charge in [-0.3, -0.25) is 19.3 Å². The molecule has 0 spiro atoms. The standard InChI is InChI=1S/C26H28N2O7/c1-15-6-7-22(34-15)19(10-24(31)33-2)26-25(32)21(29)9-18(35-26)14-27-11-16-8-17(13-27)20-4-3-5-23(30)28(20)12-16/h3-7,9,16-17,19,32H,8,10-14H2,1-2H3/t16-,17+,19+/m1/s1. The van der Waals surface area contributed by atoms with E-state index in [1.807, 2.05) is 10.6 Å². The van der Waals surface area contributed by atoms with E-state index in [1.165, 1.54) is 13.2 Å². The number of likely N-dealkylation sites (tertiary alicyclic amines) is 1. The lowest BCUT2D eigenvalue weighted by atomic mass is 9.83. The maximum atomic E-state index is 12.7. The van der Waals surface area contributed by atoms with Crippen LogP contribution in [0.1, 0.15) is 53.4 Å². The zero-order chi connectivity index (χ0) is 24.7. The van der Waals surface area contributed by atoms with Crippen molar-refractivity contribution in [2.24, 2.45) is 5.92 Å². The number of aryl methyl sites for hydroxylation is 1. The fraction of sp³-hybridized carbons (Fsp3) is 0.423. The number of nitrogens with zero attached hydrogens (tertiary/aromatic N) is 2. The summed E-state index contributed by atoms with van der Waals surface area (Å²) < 4.78 is 18.5. The number of pyridine rings is 1. The van der Waals surface area contributed by atoms with Crippen LogP contribution in [0.5, 0.6) is 5.75 Å². The third-order valence-electron chi connectivity index (χ3n) is 6.95. The van der Waals surface area contributed by atoms with Gasteiger partial charge < -0.3 is 23.2 Å². The largest absolute Gasteiger partial charge is 0.502 e. The molecular formula is C26H28N2O7. The second kappa shape index (κ2) is 9.22. The van der Waals surface area contributed by atoms with Crippen molar-refractivity contribution < 1.29 is 23.5 Å². The van der Waals surface area contributed by atoms with Crippen LogP contribution < -0.4 is 11.0 Å². The molecule has 3 atom stereocenters. The number of furan rings is 1. The molecule has 35 heavy (non-hydrogen) atoms. The second-order valence-corrected chi connectivity index (χ2v) is 9.46. The van der Waals surface area contributed by atoms with Crippen LogP contribution in [0.2, 0.25) is 0 Å². The van der Waals surface area contributed by atoms with Gasteiger partial charge in [-0.15, -0.1) is 0 Å². The summed E-state index contributed by atoms with van der Waals surface area (Å²) in [5.74, 6) is 0.0941. The summed E-state index contributed by atoms with van der Waals surface area (Å²) in [5.41, 5.74) is 0.496. The van der Waals surface area contributed by atoms with Crippen LogP contribution in [-0.2, 0) is 22.6 Å². The maximum absolute atomic E-state index is 12.7. The average molecular weight is 481 g/mol. The van der Waals surface area contributed by atoms with Gasteiger partial charge in [0.2, 0.25) is 11.2 Å². The van der Waals surface area contributed by atoms with Crippen LogP contribution >= 0.6 is 0 Å². The van der Waals surface area contributed by atoms with Crippen LogP contribution in [-0.4, -0.2) is 40.7 Å². The van der Waals surface area contributed by atoms with Crippen LogP contribution in [0.3, 0.4) is 0 Å². The smallest absolute Gasteiger partial charge is 0.306 e. The number of carbonyl (C=O) groups excluding carboxylic acids is 1. The molecule has 2 aliphatic heterocycles. The van der Waals surface area contributed by atoms with Gasteiger partial charge in [-0.1, -0.05) is 6.07 Å². The molecule has 1 N–H and O–H groups in total. The van der Waals surface area contributed by atoms with E-state index in [0.717, 1.165) is 25.2 Å². The second-order valence-electron chi connectivity index (χ2n) is 9.46. The number of aromatic nitrogens is 1. The quantitative estimate of drug-likeness (QED) is 0.536. The van der Waals surface area contributed by atoms with Crippen molar-refractivity contribution in [2.75, 3.05) is 20.2 Å². The van der Waals surface area contributed by atoms with Crippen LogP contribution in [0.15, 0.2) is 54.8 Å². The van der Waals surface area contributed by atoms with Gasteiger partial charge >= 0.3 is 5.97 Å². The highest BCUT2D eigenvalue weighted by Gasteiger charge is 2.35. The lowest BCUT2D eigenvalue weighted by molar-refractivity contribution is -0.141. The molecule has 9 nitrogen and oxygen atoms in total. The first-order valence-electron chi connectivity index (χ1n) is 11.7. The highest BCUT2D eigenvalue weighted by molar-refractivity contribution is 5.71. The van der Waals surface area contributed by atoms with E-state index in [0.29, 0.717) is 36.3 Å². The summed E-state index contributed by atoms with van der Waals surface area (Å²) in [5, 5.41) is 10.6. The minimum atomic E-state index is -0.803. The summed E-state index contributed by atoms with van der Waals surface area (Å²) in [4.78, 5) is 39.3. The van der Waals surface area contributed by atoms with Crippen molar-refractivity contribution in [1.29, 1.82) is 0 Å². The van der Waals surface area contributed by atoms with Crippen LogP contribution in [0, 0.1) is 12.8 Å². The number of hydrogen-bond acceptors (Lipinski definition) is 8. The molecular weight excluding hydrogens is 452 g/mol. The van der Waals surface area contributed by atoms with E-state index in [1.54, 1.807) is 31.2 Å². The predicted molar refractivity (Wildman–Crippen MR) is 125 cm³/mol. The van der Waals surface area contributed by atoms with Crippen molar-refractivity contribution >= 4 is 5.97 Å². The summed E-state index contributed by atoms with van der Waals surface area (Å²) in [6.45, 7) is 4.30. The third-order valence-corrected chi connectivity index (χ3v) is 6.95. The molecule has 2 aliphatic rings. The molecule has 184 valence electrons. The van der Waals surface area contributed by atoms with Crippen molar-refractivity contribution in [3.8, 4) is 5.75 Å². The first kappa shape index (κ1) is 23.2. The molecule has 9 heteroatoms. The number of aromatic hydroxyl groups is 1. The first-order valence-corrected chi connectivity index (χ1v) is 11.7. The van der Waals surface area contributed by atoms with E-state index in [4.69, 9.17) is 13.6 Å². The predicted octanol–water partition coefficient (Wildman–Crippen LogP) is 2.72. The summed E-state index contributed by atoms with van der Waals surface area (Å²) in [6.07, 6.45) is 0.868. The maximum Gasteiger partial charge on any atom is 0.306 e. The van der Waals surface area contributed by atoms with E-state index in [-0.39, 0.29) is 23.7 Å². The monoisotopic (exact) mass is 480 g/mol. The van der Waals surface area contributed by atoms with Gasteiger partial charge in [0.05, 0.1) is 26.0 Å². The Labute approximate surface area is 201 Å². The highest BCUT2D eigenvalue weighted by atomic mass is 16.5. The Morgan fingerprint density at radius 1 is 1.17 bits per heavy atom. The van der Waals surface area contributed by atoms with E-state index < -0.39 is 23.1 Å². The molecule has 5 rings (SSSR count). The van der Waals surface area contributed by atoms with Crippen molar-refractivity contribution in [2.45, 2.75) is 44.7 Å². The molecule has 0 radical (unpaired) electrons. The summed E-state index contributed by atoms with van der Waals surface area (Å²) >= 11 is 0. The van der Waals surface area contributed by atoms with Crippen LogP contribution in [0.4, 0.5) is 0 Å². The Morgan fingerprint density at radius 3 is 2.74 bits per heavy atom. The van der Waals surface area contributed by atoms with E-state index in [9.17, 15) is 19.5 Å². The first-order chi connectivity index (χ1) is 16.8. The number of carbonyl (C=O) groups is 1. The Kier molecular flexibility index (Phi) is 6.10. The highest BCUT2D eigenvalue weighted by Crippen LogP contribution is 2.37. The summed E-state index contributed by atoms with van der Waals surface area (Å²) in [6, 6.07) is 10.1. The molecule has 0 aromatic carbocycles. The van der Waals surface area contributed by atoms with Crippen molar-refractivity contribution in [3.05, 3.63) is 85.7 Å². The molecule has 0 aliphatic carbocycles. The molecule has 5 heterocycles. The normalized spacial score (nSPS) is 20.3. The Hall–Kier alpha value is -3.59. The zero-order valence-corrected chi connectivity index (χ0v) is 19.7. The molecule has 0 unspecified atom stereocenters. The van der Waals surface area contributed by atoms with Gasteiger partial charge in [-0.05, 0) is 37.5 Å². The SMILES string of the molecule is COC(=O)C[C@@H](c1ccc(C)o1)c1oc(CN2C[C@H]3C[C@@H](C2)c2cccc(=O)n2C3)cc(=O)c1O. The van der Waals surface area contributed by atoms with Crippen molar-refractivity contribution in [3.63, 3.8) is 0 Å². The molecule has 3 aromatic rings. The Morgan fingerprint density at radius 2 is 2.00 bits per heavy atom. The lowest BCUT2D eigenvalue weighted by Crippen LogP contribution is -2.46. The number of esters is 1. The molecule has 1 fully saturated rings. The number of fused-ring (bicyclic) bond motifs is 4. The molecule has 3 aromatic heterocycles. The zero-order valence-electron chi connectivity index (χ0n) is 19.7. The fourth-order valence-electron chi connectivity index (χ4n) is 5.43. The molecule has 0 saturated carbocycles. The van der Waals surface area contributed by atoms with Gasteiger partial charge in [0.25, 0.3) is 5.56 Å². The Bertz CT molecular complexity index is 1370.